The van der Waals surface area contributed by atoms with Crippen LogP contribution >= 0.6 is 0 Å². The van der Waals surface area contributed by atoms with E-state index in [0.29, 0.717) is 12.2 Å². The third kappa shape index (κ3) is 1.33. The van der Waals surface area contributed by atoms with E-state index < -0.39 is 0 Å². The van der Waals surface area contributed by atoms with Crippen LogP contribution in [0.4, 0.5) is 5.69 Å². The van der Waals surface area contributed by atoms with Crippen molar-refractivity contribution in [3.8, 4) is 0 Å². The second-order valence-electron chi connectivity index (χ2n) is 4.67. The number of aromatic nitrogens is 4. The highest BCUT2D eigenvalue weighted by Gasteiger charge is 2.32. The van der Waals surface area contributed by atoms with Crippen LogP contribution in [0, 0.1) is 6.92 Å². The Morgan fingerprint density at radius 2 is 2.26 bits per heavy atom. The van der Waals surface area contributed by atoms with E-state index in [0.717, 1.165) is 28.0 Å². The highest BCUT2D eigenvalue weighted by Crippen LogP contribution is 2.29. The molecule has 1 aromatic carbocycles. The molecule has 0 radical (unpaired) electrons. The molecule has 1 aliphatic heterocycles. The summed E-state index contributed by atoms with van der Waals surface area (Å²) in [6, 6.07) is 5.76. The monoisotopic (exact) mass is 253 g/mol. The molecule has 4 rings (SSSR count). The average molecular weight is 253 g/mol. The van der Waals surface area contributed by atoms with Crippen molar-refractivity contribution in [3.05, 3.63) is 41.5 Å². The van der Waals surface area contributed by atoms with Gasteiger partial charge in [-0.1, -0.05) is 0 Å². The van der Waals surface area contributed by atoms with Gasteiger partial charge in [0.1, 0.15) is 0 Å². The Labute approximate surface area is 108 Å². The first kappa shape index (κ1) is 10.3. The maximum atomic E-state index is 12.3. The first-order valence-electron chi connectivity index (χ1n) is 6.03. The zero-order chi connectivity index (χ0) is 13.0. The summed E-state index contributed by atoms with van der Waals surface area (Å²) in [5.74, 6) is -0.0609. The van der Waals surface area contributed by atoms with Crippen molar-refractivity contribution in [2.24, 2.45) is 0 Å². The van der Waals surface area contributed by atoms with Crippen LogP contribution in [0.5, 0.6) is 0 Å². The number of aromatic amines is 2. The van der Waals surface area contributed by atoms with Gasteiger partial charge in [0.05, 0.1) is 23.9 Å². The predicted octanol–water partition coefficient (Wildman–Crippen LogP) is 1.75. The summed E-state index contributed by atoms with van der Waals surface area (Å²) in [5.41, 5.74) is 5.12. The van der Waals surface area contributed by atoms with Gasteiger partial charge in [-0.3, -0.25) is 9.89 Å². The highest BCUT2D eigenvalue weighted by molar-refractivity contribution is 6.09. The van der Waals surface area contributed by atoms with Crippen molar-refractivity contribution in [2.45, 2.75) is 13.5 Å². The van der Waals surface area contributed by atoms with Crippen LogP contribution < -0.4 is 4.90 Å². The van der Waals surface area contributed by atoms with Crippen LogP contribution in [0.15, 0.2) is 24.5 Å². The van der Waals surface area contributed by atoms with Crippen LogP contribution in [-0.2, 0) is 6.54 Å². The number of hydrogen-bond donors (Lipinski definition) is 2. The molecule has 6 nitrogen and oxygen atoms in total. The molecule has 0 saturated carbocycles. The number of nitrogens with zero attached hydrogens (tertiary/aromatic N) is 3. The smallest absolute Gasteiger partial charge is 0.279 e. The fourth-order valence-electron chi connectivity index (χ4n) is 2.48. The minimum atomic E-state index is -0.0609. The van der Waals surface area contributed by atoms with E-state index in [1.54, 1.807) is 11.2 Å². The van der Waals surface area contributed by atoms with Gasteiger partial charge >= 0.3 is 0 Å². The molecule has 94 valence electrons. The number of rotatable bonds is 1. The molecule has 1 amide bonds. The number of carbonyl (C=O) groups excluding carboxylic acids is 1. The number of aryl methyl sites for hydroxylation is 1. The quantitative estimate of drug-likeness (QED) is 0.693. The lowest BCUT2D eigenvalue weighted by molar-refractivity contribution is 0.0992. The molecule has 0 bridgehead atoms. The first-order valence-corrected chi connectivity index (χ1v) is 6.03. The summed E-state index contributed by atoms with van der Waals surface area (Å²) < 4.78 is 0. The molecule has 0 unspecified atom stereocenters. The molecule has 0 atom stereocenters. The van der Waals surface area contributed by atoms with Crippen molar-refractivity contribution < 1.29 is 4.79 Å². The minimum Gasteiger partial charge on any atom is -0.345 e. The van der Waals surface area contributed by atoms with E-state index in [1.807, 2.05) is 25.1 Å². The number of imidazole rings is 1. The topological polar surface area (TPSA) is 77.7 Å². The van der Waals surface area contributed by atoms with Gasteiger partial charge in [-0.15, -0.1) is 0 Å². The summed E-state index contributed by atoms with van der Waals surface area (Å²) in [6.45, 7) is 2.49. The molecular formula is C13H11N5O. The first-order chi connectivity index (χ1) is 9.24. The van der Waals surface area contributed by atoms with Crippen LogP contribution in [-0.4, -0.2) is 26.1 Å². The largest absolute Gasteiger partial charge is 0.345 e. The van der Waals surface area contributed by atoms with Gasteiger partial charge in [-0.05, 0) is 25.1 Å². The van der Waals surface area contributed by atoms with Gasteiger partial charge in [0.25, 0.3) is 5.91 Å². The minimum absolute atomic E-state index is 0.0609. The molecule has 6 heteroatoms. The number of benzene rings is 1. The Kier molecular flexibility index (Phi) is 1.87. The Bertz CT molecular complexity index is 800. The van der Waals surface area contributed by atoms with Crippen molar-refractivity contribution in [2.75, 3.05) is 4.90 Å². The summed E-state index contributed by atoms with van der Waals surface area (Å²) >= 11 is 0. The van der Waals surface area contributed by atoms with Crippen LogP contribution in [0.2, 0.25) is 0 Å². The lowest BCUT2D eigenvalue weighted by Crippen LogP contribution is -2.23. The number of nitrogens with one attached hydrogen (secondary N) is 2. The van der Waals surface area contributed by atoms with Gasteiger partial charge in [-0.25, -0.2) is 4.98 Å². The second kappa shape index (κ2) is 3.44. The molecule has 3 heterocycles. The Morgan fingerprint density at radius 1 is 1.37 bits per heavy atom. The lowest BCUT2D eigenvalue weighted by Gasteiger charge is -2.15. The number of H-pyrrole nitrogens is 2. The van der Waals surface area contributed by atoms with E-state index in [9.17, 15) is 4.79 Å². The summed E-state index contributed by atoms with van der Waals surface area (Å²) in [6.07, 6.45) is 1.65. The highest BCUT2D eigenvalue weighted by atomic mass is 16.2. The normalized spacial score (nSPS) is 14.4. The molecule has 0 fully saturated rings. The van der Waals surface area contributed by atoms with Crippen LogP contribution in [0.1, 0.15) is 21.7 Å². The van der Waals surface area contributed by atoms with Gasteiger partial charge in [-0.2, -0.15) is 5.10 Å². The van der Waals surface area contributed by atoms with E-state index in [-0.39, 0.29) is 5.91 Å². The predicted molar refractivity (Wildman–Crippen MR) is 69.9 cm³/mol. The van der Waals surface area contributed by atoms with Crippen molar-refractivity contribution in [1.82, 2.24) is 20.2 Å². The van der Waals surface area contributed by atoms with Gasteiger partial charge in [0, 0.05) is 16.9 Å². The maximum absolute atomic E-state index is 12.3. The fourth-order valence-corrected chi connectivity index (χ4v) is 2.48. The molecule has 0 spiro atoms. The molecule has 0 saturated heterocycles. The summed E-state index contributed by atoms with van der Waals surface area (Å²) in [4.78, 5) is 21.3. The molecule has 0 aliphatic carbocycles. The SMILES string of the molecule is Cc1[nH]nc2c1CN(c1ccc3[nH]cnc3c1)C2=O. The van der Waals surface area contributed by atoms with Crippen LogP contribution in [0.25, 0.3) is 11.0 Å². The van der Waals surface area contributed by atoms with E-state index >= 15 is 0 Å². The number of fused-ring (bicyclic) bond motifs is 2. The standard InChI is InChI=1S/C13H11N5O/c1-7-9-5-18(13(19)12(9)17-16-7)8-2-3-10-11(4-8)15-6-14-10/h2-4,6H,5H2,1H3,(H,14,15)(H,16,17). The lowest BCUT2D eigenvalue weighted by atomic mass is 10.2. The molecular weight excluding hydrogens is 242 g/mol. The molecule has 2 aromatic heterocycles. The van der Waals surface area contributed by atoms with Crippen LogP contribution in [0.3, 0.4) is 0 Å². The average Bonchev–Trinajstić information content (AvgIpc) is 3.07. The number of amides is 1. The Balaban J connectivity index is 1.79. The van der Waals surface area contributed by atoms with Crippen molar-refractivity contribution >= 4 is 22.6 Å². The Morgan fingerprint density at radius 3 is 3.11 bits per heavy atom. The maximum Gasteiger partial charge on any atom is 0.279 e. The van der Waals surface area contributed by atoms with Gasteiger partial charge < -0.3 is 9.88 Å². The van der Waals surface area contributed by atoms with Crippen molar-refractivity contribution in [1.29, 1.82) is 0 Å². The number of carbonyl (C=O) groups is 1. The zero-order valence-corrected chi connectivity index (χ0v) is 10.3. The second-order valence-corrected chi connectivity index (χ2v) is 4.67. The zero-order valence-electron chi connectivity index (χ0n) is 10.3. The number of anilines is 1. The third-order valence-electron chi connectivity index (χ3n) is 3.55. The van der Waals surface area contributed by atoms with Gasteiger partial charge in [0.15, 0.2) is 5.69 Å². The fraction of sp³-hybridized carbons (Fsp3) is 0.154. The number of hydrogen-bond acceptors (Lipinski definition) is 3. The van der Waals surface area contributed by atoms with Gasteiger partial charge in [0.2, 0.25) is 0 Å². The third-order valence-corrected chi connectivity index (χ3v) is 3.55. The molecule has 19 heavy (non-hydrogen) atoms. The summed E-state index contributed by atoms with van der Waals surface area (Å²) in [5, 5.41) is 6.92. The van der Waals surface area contributed by atoms with Crippen molar-refractivity contribution in [3.63, 3.8) is 0 Å². The summed E-state index contributed by atoms with van der Waals surface area (Å²) in [7, 11) is 0. The van der Waals surface area contributed by atoms with E-state index in [1.165, 1.54) is 0 Å². The molecule has 2 N–H and O–H groups in total. The molecule has 1 aliphatic rings. The molecule has 3 aromatic rings. The van der Waals surface area contributed by atoms with E-state index in [2.05, 4.69) is 20.2 Å². The van der Waals surface area contributed by atoms with E-state index in [4.69, 9.17) is 0 Å². The Hall–Kier alpha value is -2.63.